The van der Waals surface area contributed by atoms with Gasteiger partial charge in [-0.15, -0.1) is 0 Å². The molecular weight excluding hydrogens is 532 g/mol. The summed E-state index contributed by atoms with van der Waals surface area (Å²) in [5, 5.41) is 17.0. The number of nitrogens with zero attached hydrogens (tertiary/aromatic N) is 2. The second kappa shape index (κ2) is 14.3. The summed E-state index contributed by atoms with van der Waals surface area (Å²) in [5.74, 6) is -3.45. The fraction of sp³-hybridized carbons (Fsp3) is 0.682. The van der Waals surface area contributed by atoms with Crippen LogP contribution < -0.4 is 5.32 Å². The van der Waals surface area contributed by atoms with Crippen molar-refractivity contribution in [3.8, 4) is 0 Å². The number of carbonyl (C=O) groups excluding carboxylic acids is 1. The van der Waals surface area contributed by atoms with Gasteiger partial charge in [0.2, 0.25) is 5.91 Å². The standard InChI is InChI=1S/C18H29N3O3.2C2HF3O2/c1-15-4-5-16(24-15)10-20-7-3-6-18(12-20)13-21(8-9-23-14-18)11-17(22)19-2;2*3-2(4,5)1(6)7/h4-5H,3,6-14H2,1-2H3,(H,19,22);2*(H,6,7). The minimum absolute atomic E-state index is 0.0748. The van der Waals surface area contributed by atoms with Crippen LogP contribution in [0.5, 0.6) is 0 Å². The van der Waals surface area contributed by atoms with Gasteiger partial charge in [-0.2, -0.15) is 26.3 Å². The number of likely N-dealkylation sites (tertiary alicyclic amines) is 1. The SMILES string of the molecule is CNC(=O)CN1CCOCC2(CCCN(Cc3ccc(C)o3)C2)C1.O=C(O)C(F)(F)F.O=C(O)C(F)(F)F. The number of hydrogen-bond donors (Lipinski definition) is 3. The number of piperidine rings is 1. The average Bonchev–Trinajstić information content (AvgIpc) is 3.10. The molecule has 1 aromatic rings. The molecule has 0 bridgehead atoms. The fourth-order valence-corrected chi connectivity index (χ4v) is 3.98. The van der Waals surface area contributed by atoms with Crippen molar-refractivity contribution in [3.05, 3.63) is 23.7 Å². The van der Waals surface area contributed by atoms with Gasteiger partial charge in [-0.3, -0.25) is 14.6 Å². The monoisotopic (exact) mass is 563 g/mol. The lowest BCUT2D eigenvalue weighted by atomic mass is 9.80. The summed E-state index contributed by atoms with van der Waals surface area (Å²) in [4.78, 5) is 34.3. The Morgan fingerprint density at radius 1 is 1.00 bits per heavy atom. The van der Waals surface area contributed by atoms with Crippen molar-refractivity contribution >= 4 is 17.8 Å². The molecule has 1 aromatic heterocycles. The van der Waals surface area contributed by atoms with E-state index in [4.69, 9.17) is 29.0 Å². The number of carboxylic acid groups (broad SMARTS) is 2. The highest BCUT2D eigenvalue weighted by molar-refractivity contribution is 5.77. The number of aryl methyl sites for hydroxylation is 1. The molecule has 218 valence electrons. The zero-order chi connectivity index (χ0) is 29.1. The number of halogens is 6. The van der Waals surface area contributed by atoms with E-state index in [1.54, 1.807) is 7.05 Å². The molecule has 38 heavy (non-hydrogen) atoms. The Balaban J connectivity index is 0.000000426. The van der Waals surface area contributed by atoms with Gasteiger partial charge in [-0.1, -0.05) is 0 Å². The van der Waals surface area contributed by atoms with Crippen LogP contribution in [0.3, 0.4) is 0 Å². The molecule has 16 heteroatoms. The molecular formula is C22H31F6N3O7. The normalized spacial score (nSPS) is 20.8. The Morgan fingerprint density at radius 2 is 1.55 bits per heavy atom. The van der Waals surface area contributed by atoms with E-state index in [2.05, 4.69) is 21.2 Å². The fourth-order valence-electron chi connectivity index (χ4n) is 3.98. The summed E-state index contributed by atoms with van der Waals surface area (Å²) >= 11 is 0. The zero-order valence-corrected chi connectivity index (χ0v) is 20.8. The van der Waals surface area contributed by atoms with Crippen molar-refractivity contribution in [2.24, 2.45) is 5.41 Å². The summed E-state index contributed by atoms with van der Waals surface area (Å²) < 4.78 is 75.1. The summed E-state index contributed by atoms with van der Waals surface area (Å²) in [7, 11) is 1.69. The number of ether oxygens (including phenoxy) is 1. The van der Waals surface area contributed by atoms with Gasteiger partial charge in [0.1, 0.15) is 11.5 Å². The van der Waals surface area contributed by atoms with Gasteiger partial charge in [-0.25, -0.2) is 9.59 Å². The number of aliphatic carboxylic acids is 2. The van der Waals surface area contributed by atoms with E-state index >= 15 is 0 Å². The van der Waals surface area contributed by atoms with Crippen LogP contribution in [0.15, 0.2) is 16.5 Å². The Labute approximate surface area is 214 Å². The minimum atomic E-state index is -5.08. The molecule has 2 saturated heterocycles. The Morgan fingerprint density at radius 3 is 2.03 bits per heavy atom. The number of amides is 1. The Kier molecular flexibility index (Phi) is 12.5. The highest BCUT2D eigenvalue weighted by Gasteiger charge is 2.40. The summed E-state index contributed by atoms with van der Waals surface area (Å²) in [5.41, 5.74) is 0.115. The van der Waals surface area contributed by atoms with E-state index in [9.17, 15) is 31.1 Å². The first-order valence-corrected chi connectivity index (χ1v) is 11.4. The number of carbonyl (C=O) groups is 3. The van der Waals surface area contributed by atoms with E-state index < -0.39 is 24.3 Å². The van der Waals surface area contributed by atoms with E-state index in [0.29, 0.717) is 13.2 Å². The number of nitrogens with one attached hydrogen (secondary N) is 1. The first-order chi connectivity index (χ1) is 17.5. The molecule has 0 aliphatic carbocycles. The van der Waals surface area contributed by atoms with Crippen molar-refractivity contribution < 1.29 is 60.1 Å². The molecule has 0 saturated carbocycles. The number of rotatable bonds is 4. The number of carboxylic acids is 2. The largest absolute Gasteiger partial charge is 0.490 e. The smallest absolute Gasteiger partial charge is 0.475 e. The van der Waals surface area contributed by atoms with E-state index in [0.717, 1.165) is 63.7 Å². The van der Waals surface area contributed by atoms with Crippen LogP contribution in [-0.2, 0) is 25.7 Å². The maximum atomic E-state index is 11.8. The van der Waals surface area contributed by atoms with Gasteiger partial charge in [0.05, 0.1) is 26.3 Å². The van der Waals surface area contributed by atoms with Crippen LogP contribution in [0, 0.1) is 12.3 Å². The molecule has 1 unspecified atom stereocenters. The second-order valence-electron chi connectivity index (χ2n) is 8.87. The van der Waals surface area contributed by atoms with E-state index in [1.165, 1.54) is 0 Å². The highest BCUT2D eigenvalue weighted by atomic mass is 19.4. The third kappa shape index (κ3) is 12.1. The van der Waals surface area contributed by atoms with Crippen LogP contribution in [0.4, 0.5) is 26.3 Å². The van der Waals surface area contributed by atoms with Crippen LogP contribution in [0.2, 0.25) is 0 Å². The van der Waals surface area contributed by atoms with Crippen LogP contribution in [0.25, 0.3) is 0 Å². The summed E-state index contributed by atoms with van der Waals surface area (Å²) in [6.07, 6.45) is -7.85. The summed E-state index contributed by atoms with van der Waals surface area (Å²) in [6, 6.07) is 4.09. The van der Waals surface area contributed by atoms with E-state index in [1.807, 2.05) is 13.0 Å². The number of hydrogen-bond acceptors (Lipinski definition) is 7. The lowest BCUT2D eigenvalue weighted by Gasteiger charge is -2.43. The molecule has 2 fully saturated rings. The summed E-state index contributed by atoms with van der Waals surface area (Å²) in [6.45, 7) is 8.62. The average molecular weight is 563 g/mol. The maximum Gasteiger partial charge on any atom is 0.490 e. The van der Waals surface area contributed by atoms with Crippen LogP contribution in [0.1, 0.15) is 24.4 Å². The van der Waals surface area contributed by atoms with Gasteiger partial charge in [0, 0.05) is 32.1 Å². The molecule has 1 spiro atoms. The minimum Gasteiger partial charge on any atom is -0.475 e. The van der Waals surface area contributed by atoms with Gasteiger partial charge >= 0.3 is 24.3 Å². The first kappa shape index (κ1) is 33.2. The third-order valence-corrected chi connectivity index (χ3v) is 5.57. The predicted molar refractivity (Wildman–Crippen MR) is 119 cm³/mol. The lowest BCUT2D eigenvalue weighted by molar-refractivity contribution is -0.193. The molecule has 1 atom stereocenters. The van der Waals surface area contributed by atoms with E-state index in [-0.39, 0.29) is 11.3 Å². The predicted octanol–water partition coefficient (Wildman–Crippen LogP) is 2.52. The third-order valence-electron chi connectivity index (χ3n) is 5.57. The van der Waals surface area contributed by atoms with Crippen LogP contribution in [-0.4, -0.2) is 103 Å². The highest BCUT2D eigenvalue weighted by Crippen LogP contribution is 2.33. The first-order valence-electron chi connectivity index (χ1n) is 11.4. The van der Waals surface area contributed by atoms with Crippen molar-refractivity contribution in [1.82, 2.24) is 15.1 Å². The zero-order valence-electron chi connectivity index (χ0n) is 20.8. The molecule has 3 N–H and O–H groups in total. The van der Waals surface area contributed by atoms with Gasteiger partial charge < -0.3 is 24.7 Å². The number of alkyl halides is 6. The number of likely N-dealkylation sites (N-methyl/N-ethyl adjacent to an activating group) is 1. The Hall–Kier alpha value is -2.85. The van der Waals surface area contributed by atoms with Gasteiger partial charge in [0.15, 0.2) is 0 Å². The van der Waals surface area contributed by atoms with Gasteiger partial charge in [0.25, 0.3) is 0 Å². The molecule has 2 aliphatic rings. The van der Waals surface area contributed by atoms with Crippen molar-refractivity contribution in [1.29, 1.82) is 0 Å². The Bertz CT molecular complexity index is 898. The number of furan rings is 1. The van der Waals surface area contributed by atoms with Crippen molar-refractivity contribution in [3.63, 3.8) is 0 Å². The molecule has 3 heterocycles. The van der Waals surface area contributed by atoms with Crippen LogP contribution >= 0.6 is 0 Å². The molecule has 0 radical (unpaired) electrons. The quantitative estimate of drug-likeness (QED) is 0.473. The molecule has 3 rings (SSSR count). The second-order valence-corrected chi connectivity index (χ2v) is 8.87. The lowest BCUT2D eigenvalue weighted by Crippen LogP contribution is -2.51. The molecule has 0 aromatic carbocycles. The molecule has 2 aliphatic heterocycles. The van der Waals surface area contributed by atoms with Crippen molar-refractivity contribution in [2.75, 3.05) is 53.0 Å². The maximum absolute atomic E-state index is 11.8. The van der Waals surface area contributed by atoms with Crippen molar-refractivity contribution in [2.45, 2.75) is 38.7 Å². The molecule has 1 amide bonds. The topological polar surface area (TPSA) is 133 Å². The molecule has 10 nitrogen and oxygen atoms in total. The van der Waals surface area contributed by atoms with Gasteiger partial charge in [-0.05, 0) is 38.4 Å².